The molecule has 9 aromatic carbocycles. The van der Waals surface area contributed by atoms with Crippen molar-refractivity contribution in [1.29, 1.82) is 0 Å². The summed E-state index contributed by atoms with van der Waals surface area (Å²) in [4.78, 5) is 17.6. The molecular weight excluding hydrogens is 829 g/mol. The molecule has 0 fully saturated rings. The molecule has 0 spiro atoms. The van der Waals surface area contributed by atoms with Gasteiger partial charge in [-0.05, 0) is 80.9 Å². The summed E-state index contributed by atoms with van der Waals surface area (Å²) in [6.07, 6.45) is 0. The van der Waals surface area contributed by atoms with Crippen LogP contribution in [-0.4, -0.2) is 15.0 Å². The molecular formula is C63H46N4O. The number of hydrogen-bond acceptors (Lipinski definition) is 5. The first-order valence-electron chi connectivity index (χ1n) is 23.4. The van der Waals surface area contributed by atoms with Crippen LogP contribution in [0.5, 0.6) is 0 Å². The van der Waals surface area contributed by atoms with Crippen LogP contribution < -0.4 is 4.90 Å². The van der Waals surface area contributed by atoms with Gasteiger partial charge in [0, 0.05) is 60.8 Å². The van der Waals surface area contributed by atoms with Crippen LogP contribution in [-0.2, 0) is 10.8 Å². The number of fused-ring (bicyclic) bond motifs is 9. The molecule has 2 aliphatic carbocycles. The van der Waals surface area contributed by atoms with Gasteiger partial charge in [-0.2, -0.15) is 0 Å². The third kappa shape index (κ3) is 6.05. The van der Waals surface area contributed by atoms with E-state index in [4.69, 9.17) is 19.4 Å². The summed E-state index contributed by atoms with van der Waals surface area (Å²) in [6.45, 7) is 9.42. The van der Waals surface area contributed by atoms with Crippen LogP contribution in [0.15, 0.2) is 211 Å². The van der Waals surface area contributed by atoms with E-state index >= 15 is 0 Å². The van der Waals surface area contributed by atoms with E-state index in [9.17, 15) is 0 Å². The molecule has 2 aromatic heterocycles. The zero-order valence-electron chi connectivity index (χ0n) is 38.3. The van der Waals surface area contributed by atoms with Gasteiger partial charge in [-0.3, -0.25) is 0 Å². The van der Waals surface area contributed by atoms with E-state index in [0.29, 0.717) is 17.5 Å². The zero-order chi connectivity index (χ0) is 45.7. The number of para-hydroxylation sites is 1. The summed E-state index contributed by atoms with van der Waals surface area (Å²) in [5, 5.41) is 1.98. The Hall–Kier alpha value is -8.41. The van der Waals surface area contributed by atoms with E-state index in [2.05, 4.69) is 166 Å². The fourth-order valence-corrected chi connectivity index (χ4v) is 11.2. The molecule has 0 unspecified atom stereocenters. The molecule has 0 saturated carbocycles. The number of furan rings is 1. The van der Waals surface area contributed by atoms with Crippen LogP contribution in [0.4, 0.5) is 17.1 Å². The first kappa shape index (κ1) is 39.9. The molecule has 0 amide bonds. The molecule has 0 aliphatic heterocycles. The van der Waals surface area contributed by atoms with Gasteiger partial charge in [0.05, 0.1) is 5.69 Å². The van der Waals surface area contributed by atoms with Crippen LogP contribution in [0.3, 0.4) is 0 Å². The monoisotopic (exact) mass is 874 g/mol. The lowest BCUT2D eigenvalue weighted by molar-refractivity contribution is 0.660. The number of anilines is 3. The zero-order valence-corrected chi connectivity index (χ0v) is 38.3. The van der Waals surface area contributed by atoms with Crippen LogP contribution in [0.25, 0.3) is 89.5 Å². The minimum atomic E-state index is -0.145. The fraction of sp³-hybridized carbons (Fsp3) is 0.0952. The SMILES string of the molecule is CC1(C)c2ccccc2-c2ccc(N(c3ccc(-c4cccc5c4oc4cccc(-c6nc(-c7ccccc7)nc(-c7ccccc7)n6)c45)cc3)c3cccc4c3-c3ccccc3C4(C)C)cc21. The maximum Gasteiger partial charge on any atom is 0.164 e. The van der Waals surface area contributed by atoms with Crippen molar-refractivity contribution in [1.82, 2.24) is 15.0 Å². The minimum absolute atomic E-state index is 0.137. The highest BCUT2D eigenvalue weighted by Crippen LogP contribution is 2.56. The second-order valence-corrected chi connectivity index (χ2v) is 19.2. The van der Waals surface area contributed by atoms with Gasteiger partial charge in [0.1, 0.15) is 11.2 Å². The number of rotatable bonds is 7. The minimum Gasteiger partial charge on any atom is -0.455 e. The van der Waals surface area contributed by atoms with Gasteiger partial charge in [-0.1, -0.05) is 198 Å². The normalized spacial score (nSPS) is 13.8. The smallest absolute Gasteiger partial charge is 0.164 e. The third-order valence-corrected chi connectivity index (χ3v) is 14.6. The lowest BCUT2D eigenvalue weighted by Gasteiger charge is -2.30. The van der Waals surface area contributed by atoms with E-state index in [0.717, 1.165) is 66.8 Å². The molecule has 2 aliphatic rings. The highest BCUT2D eigenvalue weighted by molar-refractivity contribution is 6.15. The van der Waals surface area contributed by atoms with E-state index in [-0.39, 0.29) is 10.8 Å². The summed E-state index contributed by atoms with van der Waals surface area (Å²) in [6, 6.07) is 73.5. The summed E-state index contributed by atoms with van der Waals surface area (Å²) in [5.41, 5.74) is 20.1. The molecule has 2 heterocycles. The Morgan fingerprint density at radius 3 is 1.63 bits per heavy atom. The van der Waals surface area contributed by atoms with E-state index in [1.807, 2.05) is 72.8 Å². The number of aromatic nitrogens is 3. The van der Waals surface area contributed by atoms with Crippen molar-refractivity contribution >= 4 is 39.0 Å². The van der Waals surface area contributed by atoms with Gasteiger partial charge in [0.25, 0.3) is 0 Å². The van der Waals surface area contributed by atoms with Gasteiger partial charge in [-0.15, -0.1) is 0 Å². The first-order valence-corrected chi connectivity index (χ1v) is 23.4. The van der Waals surface area contributed by atoms with Crippen molar-refractivity contribution < 1.29 is 4.42 Å². The van der Waals surface area contributed by atoms with Gasteiger partial charge < -0.3 is 9.32 Å². The average Bonchev–Trinajstić information content (AvgIpc) is 3.97. The summed E-state index contributed by atoms with van der Waals surface area (Å²) in [7, 11) is 0. The Bertz CT molecular complexity index is 3740. The average molecular weight is 875 g/mol. The van der Waals surface area contributed by atoms with Gasteiger partial charge >= 0.3 is 0 Å². The van der Waals surface area contributed by atoms with Crippen LogP contribution >= 0.6 is 0 Å². The van der Waals surface area contributed by atoms with Gasteiger partial charge in [-0.25, -0.2) is 15.0 Å². The second-order valence-electron chi connectivity index (χ2n) is 19.2. The number of hydrogen-bond donors (Lipinski definition) is 0. The van der Waals surface area contributed by atoms with Crippen molar-refractivity contribution in [2.75, 3.05) is 4.90 Å². The molecule has 0 radical (unpaired) electrons. The quantitative estimate of drug-likeness (QED) is 0.160. The van der Waals surface area contributed by atoms with Crippen molar-refractivity contribution in [3.05, 3.63) is 229 Å². The lowest BCUT2D eigenvalue weighted by Crippen LogP contribution is -2.17. The molecule has 5 heteroatoms. The fourth-order valence-electron chi connectivity index (χ4n) is 11.2. The Morgan fingerprint density at radius 1 is 0.382 bits per heavy atom. The topological polar surface area (TPSA) is 55.1 Å². The maximum atomic E-state index is 6.86. The highest BCUT2D eigenvalue weighted by Gasteiger charge is 2.39. The Balaban J connectivity index is 0.953. The molecule has 0 atom stereocenters. The molecule has 68 heavy (non-hydrogen) atoms. The molecule has 0 saturated heterocycles. The Kier molecular flexibility index (Phi) is 8.84. The van der Waals surface area contributed by atoms with Crippen molar-refractivity contribution in [3.8, 4) is 67.5 Å². The van der Waals surface area contributed by atoms with E-state index < -0.39 is 0 Å². The molecule has 13 rings (SSSR count). The number of benzene rings is 9. The van der Waals surface area contributed by atoms with Crippen LogP contribution in [0.1, 0.15) is 49.9 Å². The third-order valence-electron chi connectivity index (χ3n) is 14.6. The second kappa shape index (κ2) is 15.1. The van der Waals surface area contributed by atoms with E-state index in [1.165, 1.54) is 44.5 Å². The molecule has 324 valence electrons. The summed E-state index contributed by atoms with van der Waals surface area (Å²) < 4.78 is 6.86. The molecule has 0 N–H and O–H groups in total. The maximum absolute atomic E-state index is 6.86. The van der Waals surface area contributed by atoms with Gasteiger partial charge in [0.2, 0.25) is 0 Å². The predicted molar refractivity (Wildman–Crippen MR) is 279 cm³/mol. The van der Waals surface area contributed by atoms with E-state index in [1.54, 1.807) is 0 Å². The highest BCUT2D eigenvalue weighted by atomic mass is 16.3. The largest absolute Gasteiger partial charge is 0.455 e. The predicted octanol–water partition coefficient (Wildman–Crippen LogP) is 16.5. The van der Waals surface area contributed by atoms with Crippen molar-refractivity contribution in [3.63, 3.8) is 0 Å². The summed E-state index contributed by atoms with van der Waals surface area (Å²) >= 11 is 0. The first-order chi connectivity index (χ1) is 33.2. The Labute approximate surface area is 396 Å². The summed E-state index contributed by atoms with van der Waals surface area (Å²) in [5.74, 6) is 1.84. The molecule has 11 aromatic rings. The van der Waals surface area contributed by atoms with Crippen molar-refractivity contribution in [2.45, 2.75) is 38.5 Å². The van der Waals surface area contributed by atoms with Crippen LogP contribution in [0, 0.1) is 0 Å². The molecule has 0 bridgehead atoms. The van der Waals surface area contributed by atoms with Crippen molar-refractivity contribution in [2.24, 2.45) is 0 Å². The van der Waals surface area contributed by atoms with Crippen LogP contribution in [0.2, 0.25) is 0 Å². The lowest BCUT2D eigenvalue weighted by atomic mass is 9.82. The molecule has 5 nitrogen and oxygen atoms in total. The van der Waals surface area contributed by atoms with Gasteiger partial charge in [0.15, 0.2) is 17.5 Å². The Morgan fingerprint density at radius 2 is 0.912 bits per heavy atom. The number of nitrogens with zero attached hydrogens (tertiary/aromatic N) is 4. The standard InChI is InChI=1S/C63H46N4O/c1-62(2)51-28-14-12-23-47(51)57-52(62)29-17-30-54(57)67(43-36-37-46-45-22-11-13-27-50(45)63(3,4)53(46)38-43)42-34-32-39(33-35-42)44-24-15-25-48-56-49(26-16-31-55(56)68-58(44)48)61-65-59(40-18-7-5-8-19-40)64-60(66-61)41-20-9-6-10-21-41/h5-38H,1-4H3.